The first-order valence-electron chi connectivity index (χ1n) is 4.07. The van der Waals surface area contributed by atoms with E-state index in [2.05, 4.69) is 22.2 Å². The first-order chi connectivity index (χ1) is 6.45. The molecule has 0 fully saturated rings. The van der Waals surface area contributed by atoms with Crippen LogP contribution in [-0.4, -0.2) is 16.1 Å². The van der Waals surface area contributed by atoms with Gasteiger partial charge in [-0.2, -0.15) is 0 Å². The van der Waals surface area contributed by atoms with Crippen LogP contribution in [-0.2, 0) is 0 Å². The van der Waals surface area contributed by atoms with Crippen molar-refractivity contribution >= 4 is 16.1 Å². The van der Waals surface area contributed by atoms with Crippen LogP contribution in [0.25, 0.3) is 0 Å². The van der Waals surface area contributed by atoms with Gasteiger partial charge in [-0.15, -0.1) is 47.9 Å². The SMILES string of the molecule is C#C[Si](C)(C#C)C=C[Si](C)(C#C)C#C. The average Bonchev–Trinajstić information content (AvgIpc) is 2.25. The molecule has 0 atom stereocenters. The summed E-state index contributed by atoms with van der Waals surface area (Å²) < 4.78 is 0. The summed E-state index contributed by atoms with van der Waals surface area (Å²) in [6.45, 7) is 3.82. The van der Waals surface area contributed by atoms with E-state index in [1.54, 1.807) is 0 Å². The Labute approximate surface area is 88.8 Å². The van der Waals surface area contributed by atoms with Gasteiger partial charge in [0.2, 0.25) is 16.1 Å². The molecule has 0 spiro atoms. The van der Waals surface area contributed by atoms with Crippen LogP contribution in [0.2, 0.25) is 13.1 Å². The van der Waals surface area contributed by atoms with E-state index in [0.29, 0.717) is 0 Å². The van der Waals surface area contributed by atoms with Crippen molar-refractivity contribution in [3.63, 3.8) is 0 Å². The van der Waals surface area contributed by atoms with Gasteiger partial charge in [0.25, 0.3) is 0 Å². The molecule has 0 aromatic rings. The minimum atomic E-state index is -2.12. The standard InChI is InChI=1S/C12H12Si2/c1-7-13(5,8-2)11-12-14(6,9-3)10-4/h1-4,11-12H,5-6H3. The van der Waals surface area contributed by atoms with Crippen LogP contribution in [0.4, 0.5) is 0 Å². The second-order valence-corrected chi connectivity index (χ2v) is 9.95. The van der Waals surface area contributed by atoms with Crippen molar-refractivity contribution in [1.82, 2.24) is 0 Å². The summed E-state index contributed by atoms with van der Waals surface area (Å²) in [6, 6.07) is 0. The molecule has 2 heteroatoms. The Morgan fingerprint density at radius 2 is 0.929 bits per heavy atom. The maximum Gasteiger partial charge on any atom is 0.234 e. The Kier molecular flexibility index (Phi) is 4.07. The predicted molar refractivity (Wildman–Crippen MR) is 67.7 cm³/mol. The lowest BCUT2D eigenvalue weighted by atomic mass is 11.2. The fraction of sp³-hybridized carbons (Fsp3) is 0.167. The van der Waals surface area contributed by atoms with Gasteiger partial charge in [-0.3, -0.25) is 0 Å². The lowest BCUT2D eigenvalue weighted by molar-refractivity contribution is 1.98. The molecule has 0 aromatic heterocycles. The highest BCUT2D eigenvalue weighted by Gasteiger charge is 2.23. The maximum atomic E-state index is 5.36. The Morgan fingerprint density at radius 1 is 0.714 bits per heavy atom. The molecule has 0 radical (unpaired) electrons. The van der Waals surface area contributed by atoms with E-state index in [-0.39, 0.29) is 0 Å². The minimum absolute atomic E-state index is 1.89. The molecule has 0 heterocycles. The smallest absolute Gasteiger partial charge is 0.126 e. The van der Waals surface area contributed by atoms with E-state index >= 15 is 0 Å². The van der Waals surface area contributed by atoms with E-state index < -0.39 is 16.1 Å². The van der Waals surface area contributed by atoms with Gasteiger partial charge < -0.3 is 0 Å². The zero-order valence-corrected chi connectivity index (χ0v) is 10.5. The third kappa shape index (κ3) is 3.04. The molecular weight excluding hydrogens is 200 g/mol. The normalized spacial score (nSPS) is 11.0. The number of terminal acetylenes is 4. The van der Waals surface area contributed by atoms with E-state index in [1.165, 1.54) is 0 Å². The van der Waals surface area contributed by atoms with Crippen LogP contribution >= 0.6 is 0 Å². The molecule has 0 amide bonds. The molecule has 0 saturated heterocycles. The molecule has 0 aliphatic rings. The molecule has 0 N–H and O–H groups in total. The maximum absolute atomic E-state index is 5.36. The first kappa shape index (κ1) is 12.4. The van der Waals surface area contributed by atoms with Gasteiger partial charge in [0, 0.05) is 0 Å². The van der Waals surface area contributed by atoms with Crippen molar-refractivity contribution in [3.8, 4) is 47.9 Å². The summed E-state index contributed by atoms with van der Waals surface area (Å²) in [6.07, 6.45) is 21.4. The van der Waals surface area contributed by atoms with Gasteiger partial charge in [0.05, 0.1) is 0 Å². The summed E-state index contributed by atoms with van der Waals surface area (Å²) in [5.41, 5.74) is 14.4. The lowest BCUT2D eigenvalue weighted by Gasteiger charge is -2.10. The minimum Gasteiger partial charge on any atom is -0.126 e. The molecule has 0 bridgehead atoms. The topological polar surface area (TPSA) is 0 Å². The number of hydrogen-bond acceptors (Lipinski definition) is 0. The van der Waals surface area contributed by atoms with Crippen molar-refractivity contribution in [1.29, 1.82) is 0 Å². The summed E-state index contributed by atoms with van der Waals surface area (Å²) >= 11 is 0. The van der Waals surface area contributed by atoms with Crippen molar-refractivity contribution in [2.24, 2.45) is 0 Å². The molecular formula is C12H12Si2. The van der Waals surface area contributed by atoms with E-state index in [0.717, 1.165) is 0 Å². The summed E-state index contributed by atoms with van der Waals surface area (Å²) in [7, 11) is -4.24. The molecule has 0 rings (SSSR count). The molecule has 0 saturated carbocycles. The Bertz CT molecular complexity index is 334. The molecule has 0 aliphatic heterocycles. The monoisotopic (exact) mass is 212 g/mol. The van der Waals surface area contributed by atoms with Crippen molar-refractivity contribution in [3.05, 3.63) is 11.4 Å². The third-order valence-corrected chi connectivity index (χ3v) is 6.35. The van der Waals surface area contributed by atoms with Crippen LogP contribution in [0.1, 0.15) is 0 Å². The fourth-order valence-corrected chi connectivity index (χ4v) is 3.83. The van der Waals surface area contributed by atoms with Gasteiger partial charge in [-0.1, -0.05) is 11.4 Å². The number of rotatable bonds is 2. The van der Waals surface area contributed by atoms with E-state index in [1.807, 2.05) is 24.5 Å². The third-order valence-electron chi connectivity index (χ3n) is 1.95. The van der Waals surface area contributed by atoms with Gasteiger partial charge in [-0.25, -0.2) is 0 Å². The second kappa shape index (κ2) is 4.59. The van der Waals surface area contributed by atoms with Crippen LogP contribution in [0, 0.1) is 47.9 Å². The lowest BCUT2D eigenvalue weighted by Crippen LogP contribution is -2.29. The highest BCUT2D eigenvalue weighted by atomic mass is 28.3. The van der Waals surface area contributed by atoms with Crippen LogP contribution in [0.5, 0.6) is 0 Å². The highest BCUT2D eigenvalue weighted by molar-refractivity contribution is 7.01. The Balaban J connectivity index is 5.01. The Morgan fingerprint density at radius 3 is 1.07 bits per heavy atom. The molecule has 68 valence electrons. The molecule has 0 aliphatic carbocycles. The van der Waals surface area contributed by atoms with Crippen molar-refractivity contribution in [2.45, 2.75) is 13.1 Å². The zero-order chi connectivity index (χ0) is 11.2. The average molecular weight is 212 g/mol. The summed E-state index contributed by atoms with van der Waals surface area (Å²) in [4.78, 5) is 0. The molecule has 0 unspecified atom stereocenters. The molecule has 0 nitrogen and oxygen atoms in total. The van der Waals surface area contributed by atoms with Gasteiger partial charge in [0.1, 0.15) is 0 Å². The van der Waals surface area contributed by atoms with Crippen LogP contribution in [0.3, 0.4) is 0 Å². The van der Waals surface area contributed by atoms with Crippen LogP contribution < -0.4 is 0 Å². The molecule has 14 heavy (non-hydrogen) atoms. The van der Waals surface area contributed by atoms with Crippen LogP contribution in [0.15, 0.2) is 11.4 Å². The highest BCUT2D eigenvalue weighted by Crippen LogP contribution is 2.06. The van der Waals surface area contributed by atoms with Gasteiger partial charge in [-0.05, 0) is 13.1 Å². The molecule has 0 aromatic carbocycles. The quantitative estimate of drug-likeness (QED) is 0.480. The Hall–Kier alpha value is -1.59. The van der Waals surface area contributed by atoms with E-state index in [4.69, 9.17) is 25.7 Å². The van der Waals surface area contributed by atoms with Gasteiger partial charge >= 0.3 is 0 Å². The van der Waals surface area contributed by atoms with E-state index in [9.17, 15) is 0 Å². The summed E-state index contributed by atoms with van der Waals surface area (Å²) in [5, 5.41) is 0. The second-order valence-electron chi connectivity index (χ2n) is 3.32. The largest absolute Gasteiger partial charge is 0.234 e. The fourth-order valence-electron chi connectivity index (χ4n) is 0.609. The van der Waals surface area contributed by atoms with Crippen molar-refractivity contribution < 1.29 is 0 Å². The summed E-state index contributed by atoms with van der Waals surface area (Å²) in [5.74, 6) is 0. The van der Waals surface area contributed by atoms with Crippen molar-refractivity contribution in [2.75, 3.05) is 0 Å². The number of hydrogen-bond donors (Lipinski definition) is 0. The van der Waals surface area contributed by atoms with Gasteiger partial charge in [0.15, 0.2) is 0 Å². The zero-order valence-electron chi connectivity index (χ0n) is 8.46. The first-order valence-corrected chi connectivity index (χ1v) is 9.22. The predicted octanol–water partition coefficient (Wildman–Crippen LogP) is 1.47.